The largest absolute Gasteiger partial charge is 0.494 e. The van der Waals surface area contributed by atoms with Crippen molar-refractivity contribution in [2.75, 3.05) is 17.2 Å². The van der Waals surface area contributed by atoms with E-state index in [0.717, 1.165) is 31.9 Å². The molecule has 3 aromatic rings. The van der Waals surface area contributed by atoms with Gasteiger partial charge in [0.1, 0.15) is 22.9 Å². The summed E-state index contributed by atoms with van der Waals surface area (Å²) in [6.07, 6.45) is 1.97. The first-order valence-electron chi connectivity index (χ1n) is 11.4. The number of aromatic nitrogens is 2. The number of nitrogens with one attached hydrogen (secondary N) is 2. The predicted octanol–water partition coefficient (Wildman–Crippen LogP) is 7.09. The van der Waals surface area contributed by atoms with E-state index < -0.39 is 11.7 Å². The zero-order valence-electron chi connectivity index (χ0n) is 18.9. The molecule has 0 saturated heterocycles. The van der Waals surface area contributed by atoms with Crippen molar-refractivity contribution in [3.8, 4) is 11.5 Å². The van der Waals surface area contributed by atoms with Crippen LogP contribution in [-0.2, 0) is 6.18 Å². The molecule has 0 atom stereocenters. The van der Waals surface area contributed by atoms with Gasteiger partial charge in [-0.15, -0.1) is 0 Å². The first-order valence-corrected chi connectivity index (χ1v) is 11.4. The molecule has 0 amide bonds. The summed E-state index contributed by atoms with van der Waals surface area (Å²) in [4.78, 5) is 7.94. The molecule has 0 radical (unpaired) electrons. The van der Waals surface area contributed by atoms with Crippen LogP contribution in [0.3, 0.4) is 0 Å². The van der Waals surface area contributed by atoms with E-state index in [9.17, 15) is 13.2 Å². The highest BCUT2D eigenvalue weighted by molar-refractivity contribution is 5.63. The zero-order chi connectivity index (χ0) is 24.0. The summed E-state index contributed by atoms with van der Waals surface area (Å²) in [5.74, 6) is 1.10. The van der Waals surface area contributed by atoms with Gasteiger partial charge in [-0.2, -0.15) is 18.2 Å². The second-order valence-corrected chi connectivity index (χ2v) is 8.06. The SMILES string of the molecule is CCOc1ccc(Nc2ncc(C(F)(F)F)c(Nc3ccc(OC4CCCCC4)cc3)n2)cc1. The molecule has 4 rings (SSSR count). The van der Waals surface area contributed by atoms with Crippen LogP contribution in [-0.4, -0.2) is 22.7 Å². The maximum atomic E-state index is 13.6. The normalized spacial score (nSPS) is 14.5. The highest BCUT2D eigenvalue weighted by Gasteiger charge is 2.35. The van der Waals surface area contributed by atoms with Crippen LogP contribution in [0, 0.1) is 0 Å². The van der Waals surface area contributed by atoms with E-state index in [1.165, 1.54) is 6.42 Å². The Morgan fingerprint density at radius 3 is 2.12 bits per heavy atom. The Kier molecular flexibility index (Phi) is 7.40. The highest BCUT2D eigenvalue weighted by atomic mass is 19.4. The van der Waals surface area contributed by atoms with Crippen LogP contribution in [0.2, 0.25) is 0 Å². The van der Waals surface area contributed by atoms with Crippen molar-refractivity contribution in [3.63, 3.8) is 0 Å². The number of rotatable bonds is 8. The van der Waals surface area contributed by atoms with E-state index >= 15 is 0 Å². The van der Waals surface area contributed by atoms with Gasteiger partial charge in [0.2, 0.25) is 5.95 Å². The molecule has 1 aromatic heterocycles. The number of alkyl halides is 3. The maximum Gasteiger partial charge on any atom is 0.421 e. The molecule has 2 aromatic carbocycles. The van der Waals surface area contributed by atoms with Gasteiger partial charge in [0.05, 0.1) is 12.7 Å². The molecule has 1 aliphatic rings. The second-order valence-electron chi connectivity index (χ2n) is 8.06. The number of anilines is 4. The summed E-state index contributed by atoms with van der Waals surface area (Å²) in [7, 11) is 0. The molecule has 6 nitrogen and oxygen atoms in total. The quantitative estimate of drug-likeness (QED) is 0.365. The topological polar surface area (TPSA) is 68.3 Å². The fourth-order valence-electron chi connectivity index (χ4n) is 3.80. The van der Waals surface area contributed by atoms with Crippen LogP contribution in [0.4, 0.5) is 36.3 Å². The lowest BCUT2D eigenvalue weighted by atomic mass is 9.98. The Balaban J connectivity index is 1.49. The number of nitrogens with zero attached hydrogens (tertiary/aromatic N) is 2. The van der Waals surface area contributed by atoms with Crippen molar-refractivity contribution in [3.05, 3.63) is 60.3 Å². The molecule has 34 heavy (non-hydrogen) atoms. The second kappa shape index (κ2) is 10.6. The molecule has 1 saturated carbocycles. The van der Waals surface area contributed by atoms with E-state index in [-0.39, 0.29) is 17.9 Å². The third-order valence-corrected chi connectivity index (χ3v) is 5.49. The lowest BCUT2D eigenvalue weighted by Gasteiger charge is -2.23. The standard InChI is InChI=1S/C25H27F3N4O2/c1-2-33-19-12-8-18(9-13-19)31-24-29-16-22(25(26,27)28)23(32-24)30-17-10-14-21(15-11-17)34-20-6-4-3-5-7-20/h8-16,20H,2-7H2,1H3,(H2,29,30,31,32). The third-order valence-electron chi connectivity index (χ3n) is 5.49. The number of hydrogen-bond acceptors (Lipinski definition) is 6. The van der Waals surface area contributed by atoms with Gasteiger partial charge < -0.3 is 20.1 Å². The van der Waals surface area contributed by atoms with Crippen LogP contribution in [0.15, 0.2) is 54.7 Å². The molecule has 1 heterocycles. The van der Waals surface area contributed by atoms with Crippen LogP contribution >= 0.6 is 0 Å². The van der Waals surface area contributed by atoms with Crippen molar-refractivity contribution >= 4 is 23.1 Å². The van der Waals surface area contributed by atoms with Gasteiger partial charge >= 0.3 is 6.18 Å². The van der Waals surface area contributed by atoms with Crippen molar-refractivity contribution < 1.29 is 22.6 Å². The molecule has 1 aliphatic carbocycles. The minimum absolute atomic E-state index is 0.0388. The van der Waals surface area contributed by atoms with Gasteiger partial charge in [-0.3, -0.25) is 0 Å². The fraction of sp³-hybridized carbons (Fsp3) is 0.360. The molecular weight excluding hydrogens is 445 g/mol. The monoisotopic (exact) mass is 472 g/mol. The summed E-state index contributed by atoms with van der Waals surface area (Å²) in [6, 6.07) is 13.9. The molecule has 0 bridgehead atoms. The lowest BCUT2D eigenvalue weighted by Crippen LogP contribution is -2.19. The average molecular weight is 473 g/mol. The predicted molar refractivity (Wildman–Crippen MR) is 125 cm³/mol. The fourth-order valence-corrected chi connectivity index (χ4v) is 3.80. The van der Waals surface area contributed by atoms with E-state index in [4.69, 9.17) is 9.47 Å². The van der Waals surface area contributed by atoms with Crippen molar-refractivity contribution in [2.24, 2.45) is 0 Å². The summed E-state index contributed by atoms with van der Waals surface area (Å²) < 4.78 is 52.1. The van der Waals surface area contributed by atoms with E-state index in [2.05, 4.69) is 20.6 Å². The highest BCUT2D eigenvalue weighted by Crippen LogP contribution is 2.36. The molecule has 180 valence electrons. The first kappa shape index (κ1) is 23.7. The number of halogens is 3. The zero-order valence-corrected chi connectivity index (χ0v) is 18.9. The lowest BCUT2D eigenvalue weighted by molar-refractivity contribution is -0.137. The minimum atomic E-state index is -4.61. The van der Waals surface area contributed by atoms with Crippen LogP contribution in [0.1, 0.15) is 44.6 Å². The van der Waals surface area contributed by atoms with Crippen LogP contribution < -0.4 is 20.1 Å². The summed E-state index contributed by atoms with van der Waals surface area (Å²) in [5, 5.41) is 5.70. The van der Waals surface area contributed by atoms with Gasteiger partial charge in [0, 0.05) is 17.6 Å². The van der Waals surface area contributed by atoms with Crippen LogP contribution in [0.5, 0.6) is 11.5 Å². The maximum absolute atomic E-state index is 13.6. The van der Waals surface area contributed by atoms with E-state index in [1.807, 2.05) is 6.92 Å². The smallest absolute Gasteiger partial charge is 0.421 e. The summed E-state index contributed by atoms with van der Waals surface area (Å²) >= 11 is 0. The van der Waals surface area contributed by atoms with Gasteiger partial charge in [0.25, 0.3) is 0 Å². The Morgan fingerprint density at radius 1 is 0.882 bits per heavy atom. The molecular formula is C25H27F3N4O2. The molecule has 9 heteroatoms. The molecule has 0 aliphatic heterocycles. The van der Waals surface area contributed by atoms with Crippen molar-refractivity contribution in [2.45, 2.75) is 51.3 Å². The Morgan fingerprint density at radius 2 is 1.50 bits per heavy atom. The summed E-state index contributed by atoms with van der Waals surface area (Å²) in [6.45, 7) is 2.42. The molecule has 0 unspecified atom stereocenters. The van der Waals surface area contributed by atoms with Crippen molar-refractivity contribution in [1.29, 1.82) is 0 Å². The van der Waals surface area contributed by atoms with Gasteiger partial charge in [0.15, 0.2) is 0 Å². The molecule has 0 spiro atoms. The third kappa shape index (κ3) is 6.30. The number of ether oxygens (including phenoxy) is 2. The molecule has 2 N–H and O–H groups in total. The van der Waals surface area contributed by atoms with Gasteiger partial charge in [-0.05, 0) is 81.1 Å². The van der Waals surface area contributed by atoms with Gasteiger partial charge in [-0.1, -0.05) is 6.42 Å². The average Bonchev–Trinajstić information content (AvgIpc) is 2.82. The first-order chi connectivity index (χ1) is 16.4. The minimum Gasteiger partial charge on any atom is -0.494 e. The Hall–Kier alpha value is -3.49. The van der Waals surface area contributed by atoms with E-state index in [0.29, 0.717) is 29.5 Å². The Labute approximate surface area is 196 Å². The van der Waals surface area contributed by atoms with Crippen LogP contribution in [0.25, 0.3) is 0 Å². The number of hydrogen-bond donors (Lipinski definition) is 2. The summed E-state index contributed by atoms with van der Waals surface area (Å²) in [5.41, 5.74) is 0.137. The Bertz CT molecular complexity index is 1070. The van der Waals surface area contributed by atoms with Gasteiger partial charge in [-0.25, -0.2) is 4.98 Å². The van der Waals surface area contributed by atoms with E-state index in [1.54, 1.807) is 48.5 Å². The molecule has 1 fully saturated rings. The number of benzene rings is 2. The van der Waals surface area contributed by atoms with Crippen molar-refractivity contribution in [1.82, 2.24) is 9.97 Å².